The van der Waals surface area contributed by atoms with Crippen LogP contribution in [0.25, 0.3) is 0 Å². The third-order valence-electron chi connectivity index (χ3n) is 4.29. The van der Waals surface area contributed by atoms with Crippen LogP contribution in [0.15, 0.2) is 24.3 Å². The van der Waals surface area contributed by atoms with Crippen LogP contribution in [-0.2, 0) is 4.79 Å². The lowest BCUT2D eigenvalue weighted by Crippen LogP contribution is -2.65. The van der Waals surface area contributed by atoms with Crippen LogP contribution in [0.4, 0.5) is 5.69 Å². The number of hydrogen-bond acceptors (Lipinski definition) is 3. The molecule has 1 amide bonds. The maximum Gasteiger partial charge on any atom is 0.238 e. The first-order valence-corrected chi connectivity index (χ1v) is 7.65. The first kappa shape index (κ1) is 16.0. The van der Waals surface area contributed by atoms with Crippen molar-refractivity contribution >= 4 is 11.6 Å². The van der Waals surface area contributed by atoms with Crippen molar-refractivity contribution in [3.63, 3.8) is 0 Å². The summed E-state index contributed by atoms with van der Waals surface area (Å²) in [7, 11) is 0. The number of anilines is 1. The Morgan fingerprint density at radius 3 is 2.48 bits per heavy atom. The number of para-hydroxylation sites is 1. The van der Waals surface area contributed by atoms with E-state index in [4.69, 9.17) is 0 Å². The van der Waals surface area contributed by atoms with Crippen LogP contribution in [0.3, 0.4) is 0 Å². The largest absolute Gasteiger partial charge is 0.387 e. The zero-order valence-corrected chi connectivity index (χ0v) is 13.4. The molecule has 21 heavy (non-hydrogen) atoms. The molecule has 1 aromatic rings. The monoisotopic (exact) mass is 290 g/mol. The van der Waals surface area contributed by atoms with E-state index in [1.807, 2.05) is 43.0 Å². The average molecular weight is 290 g/mol. The SMILES string of the molecule is CC(C)c1ccccc1NC(=O)CN1CC(O)(C(C)C)C1. The van der Waals surface area contributed by atoms with E-state index in [0.717, 1.165) is 11.3 Å². The highest BCUT2D eigenvalue weighted by atomic mass is 16.3. The molecule has 1 aliphatic heterocycles. The molecule has 2 N–H and O–H groups in total. The molecule has 0 bridgehead atoms. The van der Waals surface area contributed by atoms with Gasteiger partial charge in [-0.1, -0.05) is 45.9 Å². The molecule has 0 unspecified atom stereocenters. The number of β-amino-alcohol motifs (C(OH)–C–C–N with tert-alkyl or cyclic N) is 1. The molecule has 1 heterocycles. The summed E-state index contributed by atoms with van der Waals surface area (Å²) in [4.78, 5) is 14.1. The molecule has 1 fully saturated rings. The number of amides is 1. The van der Waals surface area contributed by atoms with Crippen molar-refractivity contribution < 1.29 is 9.90 Å². The van der Waals surface area contributed by atoms with Gasteiger partial charge in [-0.25, -0.2) is 0 Å². The van der Waals surface area contributed by atoms with Crippen molar-refractivity contribution in [3.8, 4) is 0 Å². The molecule has 0 spiro atoms. The number of likely N-dealkylation sites (tertiary alicyclic amines) is 1. The van der Waals surface area contributed by atoms with Gasteiger partial charge in [0.05, 0.1) is 12.1 Å². The van der Waals surface area contributed by atoms with Gasteiger partial charge in [0.15, 0.2) is 0 Å². The molecule has 0 saturated carbocycles. The lowest BCUT2D eigenvalue weighted by Gasteiger charge is -2.48. The fraction of sp³-hybridized carbons (Fsp3) is 0.588. The van der Waals surface area contributed by atoms with Gasteiger partial charge < -0.3 is 10.4 Å². The molecule has 0 atom stereocenters. The molecule has 0 aromatic heterocycles. The van der Waals surface area contributed by atoms with Gasteiger partial charge in [0.1, 0.15) is 0 Å². The number of carbonyl (C=O) groups excluding carboxylic acids is 1. The quantitative estimate of drug-likeness (QED) is 0.876. The smallest absolute Gasteiger partial charge is 0.238 e. The maximum atomic E-state index is 12.1. The van der Waals surface area contributed by atoms with Gasteiger partial charge in [-0.3, -0.25) is 9.69 Å². The van der Waals surface area contributed by atoms with Crippen LogP contribution in [0, 0.1) is 5.92 Å². The van der Waals surface area contributed by atoms with Crippen LogP contribution in [-0.4, -0.2) is 41.1 Å². The second-order valence-electron chi connectivity index (χ2n) is 6.69. The van der Waals surface area contributed by atoms with Crippen molar-refractivity contribution in [3.05, 3.63) is 29.8 Å². The Morgan fingerprint density at radius 2 is 1.90 bits per heavy atom. The van der Waals surface area contributed by atoms with E-state index in [-0.39, 0.29) is 11.8 Å². The summed E-state index contributed by atoms with van der Waals surface area (Å²) in [5.74, 6) is 0.573. The fourth-order valence-electron chi connectivity index (χ4n) is 2.71. The van der Waals surface area contributed by atoms with E-state index in [9.17, 15) is 9.90 Å². The molecular formula is C17H26N2O2. The standard InChI is InChI=1S/C17H26N2O2/c1-12(2)14-7-5-6-8-15(14)18-16(20)9-19-10-17(21,11-19)13(3)4/h5-8,12-13,21H,9-11H2,1-4H3,(H,18,20). The topological polar surface area (TPSA) is 52.6 Å². The highest BCUT2D eigenvalue weighted by Crippen LogP contribution is 2.28. The third kappa shape index (κ3) is 3.63. The van der Waals surface area contributed by atoms with Crippen molar-refractivity contribution in [1.29, 1.82) is 0 Å². The Labute approximate surface area is 127 Å². The molecule has 1 saturated heterocycles. The molecule has 116 valence electrons. The number of benzene rings is 1. The van der Waals surface area contributed by atoms with Gasteiger partial charge in [-0.05, 0) is 23.5 Å². The average Bonchev–Trinajstić information content (AvgIpc) is 2.36. The predicted octanol–water partition coefficient (Wildman–Crippen LogP) is 2.45. The zero-order chi connectivity index (χ0) is 15.6. The van der Waals surface area contributed by atoms with Crippen LogP contribution < -0.4 is 5.32 Å². The first-order chi connectivity index (χ1) is 9.82. The molecule has 1 aliphatic rings. The Hall–Kier alpha value is -1.39. The summed E-state index contributed by atoms with van der Waals surface area (Å²) in [6, 6.07) is 7.90. The fourth-order valence-corrected chi connectivity index (χ4v) is 2.71. The van der Waals surface area contributed by atoms with Gasteiger partial charge in [0, 0.05) is 18.8 Å². The van der Waals surface area contributed by atoms with Crippen LogP contribution >= 0.6 is 0 Å². The van der Waals surface area contributed by atoms with Crippen LogP contribution in [0.5, 0.6) is 0 Å². The predicted molar refractivity (Wildman–Crippen MR) is 85.4 cm³/mol. The second-order valence-corrected chi connectivity index (χ2v) is 6.69. The van der Waals surface area contributed by atoms with Gasteiger partial charge in [0.25, 0.3) is 0 Å². The Morgan fingerprint density at radius 1 is 1.29 bits per heavy atom. The van der Waals surface area contributed by atoms with Crippen LogP contribution in [0.1, 0.15) is 39.2 Å². The number of hydrogen-bond donors (Lipinski definition) is 2. The molecule has 4 heteroatoms. The molecule has 0 radical (unpaired) electrons. The first-order valence-electron chi connectivity index (χ1n) is 7.65. The van der Waals surface area contributed by atoms with Gasteiger partial charge >= 0.3 is 0 Å². The minimum atomic E-state index is -0.629. The van der Waals surface area contributed by atoms with Gasteiger partial charge in [0.2, 0.25) is 5.91 Å². The van der Waals surface area contributed by atoms with Gasteiger partial charge in [-0.2, -0.15) is 0 Å². The van der Waals surface area contributed by atoms with E-state index in [2.05, 4.69) is 19.2 Å². The second kappa shape index (κ2) is 6.16. The number of nitrogens with zero attached hydrogens (tertiary/aromatic N) is 1. The van der Waals surface area contributed by atoms with E-state index in [1.54, 1.807) is 0 Å². The summed E-state index contributed by atoms with van der Waals surface area (Å²) in [5.41, 5.74) is 1.40. The van der Waals surface area contributed by atoms with E-state index in [1.165, 1.54) is 0 Å². The lowest BCUT2D eigenvalue weighted by molar-refractivity contribution is -0.139. The molecule has 1 aromatic carbocycles. The van der Waals surface area contributed by atoms with Crippen LogP contribution in [0.2, 0.25) is 0 Å². The minimum absolute atomic E-state index is 0.0195. The Bertz CT molecular complexity index is 505. The molecule has 0 aliphatic carbocycles. The van der Waals surface area contributed by atoms with E-state index >= 15 is 0 Å². The Balaban J connectivity index is 1.90. The van der Waals surface area contributed by atoms with E-state index < -0.39 is 5.60 Å². The number of rotatable bonds is 5. The summed E-state index contributed by atoms with van der Waals surface area (Å²) >= 11 is 0. The molecule has 2 rings (SSSR count). The third-order valence-corrected chi connectivity index (χ3v) is 4.29. The lowest BCUT2D eigenvalue weighted by atomic mass is 9.83. The summed E-state index contributed by atoms with van der Waals surface area (Å²) in [5, 5.41) is 13.2. The maximum absolute atomic E-state index is 12.1. The van der Waals surface area contributed by atoms with Gasteiger partial charge in [-0.15, -0.1) is 0 Å². The summed E-state index contributed by atoms with van der Waals surface area (Å²) < 4.78 is 0. The Kier molecular flexibility index (Phi) is 4.69. The summed E-state index contributed by atoms with van der Waals surface area (Å²) in [6.45, 7) is 9.73. The van der Waals surface area contributed by atoms with E-state index in [0.29, 0.717) is 25.6 Å². The molecular weight excluding hydrogens is 264 g/mol. The van der Waals surface area contributed by atoms with Crippen molar-refractivity contribution in [2.75, 3.05) is 25.0 Å². The summed E-state index contributed by atoms with van der Waals surface area (Å²) in [6.07, 6.45) is 0. The number of nitrogens with one attached hydrogen (secondary N) is 1. The van der Waals surface area contributed by atoms with Crippen molar-refractivity contribution in [1.82, 2.24) is 4.90 Å². The highest BCUT2D eigenvalue weighted by Gasteiger charge is 2.43. The minimum Gasteiger partial charge on any atom is -0.387 e. The van der Waals surface area contributed by atoms with Crippen molar-refractivity contribution in [2.45, 2.75) is 39.2 Å². The van der Waals surface area contributed by atoms with Crippen molar-refractivity contribution in [2.24, 2.45) is 5.92 Å². The normalized spacial score (nSPS) is 17.9. The number of carbonyl (C=O) groups is 1. The highest BCUT2D eigenvalue weighted by molar-refractivity contribution is 5.93. The number of aliphatic hydroxyl groups is 1. The molecule has 4 nitrogen and oxygen atoms in total. The zero-order valence-electron chi connectivity index (χ0n) is 13.4.